The van der Waals surface area contributed by atoms with E-state index in [-0.39, 0.29) is 0 Å². The van der Waals surface area contributed by atoms with Gasteiger partial charge in [-0.05, 0) is 51.1 Å². The maximum Gasteiger partial charge on any atom is 0.00965 e. The molecule has 14 heavy (non-hydrogen) atoms. The van der Waals surface area contributed by atoms with Crippen LogP contribution in [0.1, 0.15) is 46.0 Å². The van der Waals surface area contributed by atoms with Gasteiger partial charge in [0.2, 0.25) is 0 Å². The highest BCUT2D eigenvalue weighted by Gasteiger charge is 2.28. The number of rotatable bonds is 8. The van der Waals surface area contributed by atoms with E-state index in [1.807, 2.05) is 0 Å². The van der Waals surface area contributed by atoms with Crippen molar-refractivity contribution in [3.63, 3.8) is 0 Å². The van der Waals surface area contributed by atoms with Gasteiger partial charge in [0.15, 0.2) is 0 Å². The van der Waals surface area contributed by atoms with E-state index in [4.69, 9.17) is 5.73 Å². The van der Waals surface area contributed by atoms with Crippen molar-refractivity contribution in [2.45, 2.75) is 52.0 Å². The minimum absolute atomic E-state index is 0.825. The van der Waals surface area contributed by atoms with Crippen molar-refractivity contribution in [3.05, 3.63) is 0 Å². The average Bonchev–Trinajstić information content (AvgIpc) is 2.97. The molecule has 0 radical (unpaired) electrons. The molecule has 0 aliphatic heterocycles. The van der Waals surface area contributed by atoms with Crippen LogP contribution in [0.3, 0.4) is 0 Å². The number of hydrogen-bond acceptors (Lipinski definition) is 2. The molecule has 0 spiro atoms. The van der Waals surface area contributed by atoms with E-state index in [1.54, 1.807) is 0 Å². The highest BCUT2D eigenvalue weighted by molar-refractivity contribution is 4.84. The Hall–Kier alpha value is -0.0800. The van der Waals surface area contributed by atoms with Gasteiger partial charge in [-0.2, -0.15) is 0 Å². The van der Waals surface area contributed by atoms with E-state index in [0.29, 0.717) is 0 Å². The maximum atomic E-state index is 5.52. The molecular weight excluding hydrogens is 172 g/mol. The highest BCUT2D eigenvalue weighted by atomic mass is 15.2. The molecule has 0 aromatic heterocycles. The SMILES string of the molecule is CCCN(CC(C)CCCN)C1CC1. The van der Waals surface area contributed by atoms with Gasteiger partial charge in [0.1, 0.15) is 0 Å². The third-order valence-corrected chi connectivity index (χ3v) is 3.02. The molecule has 0 heterocycles. The van der Waals surface area contributed by atoms with Gasteiger partial charge in [-0.1, -0.05) is 13.8 Å². The Labute approximate surface area is 88.8 Å². The lowest BCUT2D eigenvalue weighted by Crippen LogP contribution is -2.31. The zero-order chi connectivity index (χ0) is 10.4. The van der Waals surface area contributed by atoms with Crippen molar-refractivity contribution in [3.8, 4) is 0 Å². The molecule has 2 nitrogen and oxygen atoms in total. The lowest BCUT2D eigenvalue weighted by atomic mass is 10.0. The Balaban J connectivity index is 2.16. The zero-order valence-corrected chi connectivity index (χ0v) is 9.84. The molecule has 1 atom stereocenters. The van der Waals surface area contributed by atoms with Crippen LogP contribution in [-0.4, -0.2) is 30.6 Å². The van der Waals surface area contributed by atoms with E-state index in [2.05, 4.69) is 18.7 Å². The summed E-state index contributed by atoms with van der Waals surface area (Å²) in [6, 6.07) is 0.926. The molecule has 1 unspecified atom stereocenters. The molecule has 1 aliphatic carbocycles. The molecule has 1 aliphatic rings. The number of nitrogens with two attached hydrogens (primary N) is 1. The summed E-state index contributed by atoms with van der Waals surface area (Å²) in [6.07, 6.45) is 6.64. The molecule has 0 amide bonds. The topological polar surface area (TPSA) is 29.3 Å². The van der Waals surface area contributed by atoms with Gasteiger partial charge in [0, 0.05) is 12.6 Å². The summed E-state index contributed by atoms with van der Waals surface area (Å²) in [6.45, 7) is 8.07. The summed E-state index contributed by atoms with van der Waals surface area (Å²) in [5.41, 5.74) is 5.52. The van der Waals surface area contributed by atoms with Crippen LogP contribution in [-0.2, 0) is 0 Å². The molecule has 0 bridgehead atoms. The van der Waals surface area contributed by atoms with Crippen molar-refractivity contribution in [2.75, 3.05) is 19.6 Å². The van der Waals surface area contributed by atoms with Gasteiger partial charge in [-0.25, -0.2) is 0 Å². The smallest absolute Gasteiger partial charge is 0.00965 e. The quantitative estimate of drug-likeness (QED) is 0.648. The van der Waals surface area contributed by atoms with Crippen LogP contribution in [0.15, 0.2) is 0 Å². The van der Waals surface area contributed by atoms with Crippen LogP contribution >= 0.6 is 0 Å². The molecular formula is C12H26N2. The van der Waals surface area contributed by atoms with Gasteiger partial charge in [0.05, 0.1) is 0 Å². The van der Waals surface area contributed by atoms with Crippen LogP contribution in [0.25, 0.3) is 0 Å². The molecule has 0 aromatic carbocycles. The third-order valence-electron chi connectivity index (χ3n) is 3.02. The van der Waals surface area contributed by atoms with E-state index in [1.165, 1.54) is 45.2 Å². The Kier molecular flexibility index (Phi) is 5.49. The predicted molar refractivity (Wildman–Crippen MR) is 62.3 cm³/mol. The Morgan fingerprint density at radius 2 is 2.14 bits per heavy atom. The fourth-order valence-corrected chi connectivity index (χ4v) is 2.11. The largest absolute Gasteiger partial charge is 0.330 e. The van der Waals surface area contributed by atoms with Gasteiger partial charge >= 0.3 is 0 Å². The van der Waals surface area contributed by atoms with E-state index < -0.39 is 0 Å². The lowest BCUT2D eigenvalue weighted by Gasteiger charge is -2.25. The minimum atomic E-state index is 0.825. The van der Waals surface area contributed by atoms with Gasteiger partial charge in [0.25, 0.3) is 0 Å². The summed E-state index contributed by atoms with van der Waals surface area (Å²) < 4.78 is 0. The van der Waals surface area contributed by atoms with Gasteiger partial charge in [-0.15, -0.1) is 0 Å². The Morgan fingerprint density at radius 3 is 2.64 bits per heavy atom. The molecule has 84 valence electrons. The molecule has 1 rings (SSSR count). The molecule has 2 N–H and O–H groups in total. The second kappa shape index (κ2) is 6.41. The van der Waals surface area contributed by atoms with Crippen molar-refractivity contribution in [1.82, 2.24) is 4.90 Å². The molecule has 1 fully saturated rings. The molecule has 0 aromatic rings. The summed E-state index contributed by atoms with van der Waals surface area (Å²) in [5, 5.41) is 0. The first kappa shape index (κ1) is 12.0. The van der Waals surface area contributed by atoms with Crippen LogP contribution < -0.4 is 5.73 Å². The van der Waals surface area contributed by atoms with Crippen LogP contribution in [0.5, 0.6) is 0 Å². The monoisotopic (exact) mass is 198 g/mol. The first-order valence-electron chi connectivity index (χ1n) is 6.22. The van der Waals surface area contributed by atoms with Gasteiger partial charge < -0.3 is 10.6 Å². The zero-order valence-electron chi connectivity index (χ0n) is 9.84. The average molecular weight is 198 g/mol. The van der Waals surface area contributed by atoms with Crippen molar-refractivity contribution in [1.29, 1.82) is 0 Å². The maximum absolute atomic E-state index is 5.52. The summed E-state index contributed by atoms with van der Waals surface area (Å²) >= 11 is 0. The first-order chi connectivity index (χ1) is 6.77. The van der Waals surface area contributed by atoms with Crippen LogP contribution in [0, 0.1) is 5.92 Å². The van der Waals surface area contributed by atoms with E-state index in [0.717, 1.165) is 18.5 Å². The van der Waals surface area contributed by atoms with Crippen LogP contribution in [0.4, 0.5) is 0 Å². The molecule has 2 heteroatoms. The van der Waals surface area contributed by atoms with Crippen LogP contribution in [0.2, 0.25) is 0 Å². The second-order valence-electron chi connectivity index (χ2n) is 4.76. The van der Waals surface area contributed by atoms with E-state index in [9.17, 15) is 0 Å². The Morgan fingerprint density at radius 1 is 1.43 bits per heavy atom. The van der Waals surface area contributed by atoms with Crippen molar-refractivity contribution in [2.24, 2.45) is 11.7 Å². The number of hydrogen-bond donors (Lipinski definition) is 1. The predicted octanol–water partition coefficient (Wildman–Crippen LogP) is 2.24. The molecule has 1 saturated carbocycles. The summed E-state index contributed by atoms with van der Waals surface area (Å²) in [4.78, 5) is 2.68. The standard InChI is InChI=1S/C12H26N2/c1-3-9-14(12-6-7-12)10-11(2)5-4-8-13/h11-12H,3-10,13H2,1-2H3. The van der Waals surface area contributed by atoms with Gasteiger partial charge in [-0.3, -0.25) is 0 Å². The normalized spacial score (nSPS) is 18.9. The first-order valence-corrected chi connectivity index (χ1v) is 6.22. The lowest BCUT2D eigenvalue weighted by molar-refractivity contribution is 0.222. The highest BCUT2D eigenvalue weighted by Crippen LogP contribution is 2.28. The van der Waals surface area contributed by atoms with E-state index >= 15 is 0 Å². The second-order valence-corrected chi connectivity index (χ2v) is 4.76. The summed E-state index contributed by atoms with van der Waals surface area (Å²) in [7, 11) is 0. The fourth-order valence-electron chi connectivity index (χ4n) is 2.11. The third kappa shape index (κ3) is 4.43. The molecule has 0 saturated heterocycles. The van der Waals surface area contributed by atoms with Crippen molar-refractivity contribution < 1.29 is 0 Å². The fraction of sp³-hybridized carbons (Fsp3) is 1.00. The van der Waals surface area contributed by atoms with Crippen molar-refractivity contribution >= 4 is 0 Å². The number of nitrogens with zero attached hydrogens (tertiary/aromatic N) is 1. The minimum Gasteiger partial charge on any atom is -0.330 e. The summed E-state index contributed by atoms with van der Waals surface area (Å²) in [5.74, 6) is 0.825. The Bertz CT molecular complexity index is 143.